The Labute approximate surface area is 94.5 Å². The van der Waals surface area contributed by atoms with Crippen LogP contribution in [0.5, 0.6) is 0 Å². The number of nitrogens with one attached hydrogen (secondary N) is 1. The number of hydrogen-bond acceptors (Lipinski definition) is 5. The molecule has 0 fully saturated rings. The lowest BCUT2D eigenvalue weighted by atomic mass is 10.0. The van der Waals surface area contributed by atoms with Crippen LogP contribution in [-0.4, -0.2) is 40.0 Å². The Kier molecular flexibility index (Phi) is 5.01. The van der Waals surface area contributed by atoms with Crippen LogP contribution in [-0.2, 0) is 0 Å². The number of rotatable bonds is 6. The van der Waals surface area contributed by atoms with Crippen molar-refractivity contribution in [2.75, 3.05) is 19.4 Å². The van der Waals surface area contributed by atoms with E-state index in [1.54, 1.807) is 30.4 Å². The van der Waals surface area contributed by atoms with E-state index in [0.29, 0.717) is 0 Å². The summed E-state index contributed by atoms with van der Waals surface area (Å²) in [5.74, 6) is 0.913. The summed E-state index contributed by atoms with van der Waals surface area (Å²) in [5.41, 5.74) is -0.199. The van der Waals surface area contributed by atoms with E-state index in [4.69, 9.17) is 0 Å². The molecule has 0 spiro atoms. The summed E-state index contributed by atoms with van der Waals surface area (Å²) >= 11 is 1.65. The second-order valence-electron chi connectivity index (χ2n) is 3.61. The van der Waals surface area contributed by atoms with Gasteiger partial charge in [0.25, 0.3) is 0 Å². The van der Waals surface area contributed by atoms with E-state index in [0.717, 1.165) is 17.2 Å². The molecule has 0 aliphatic rings. The molecule has 5 heteroatoms. The van der Waals surface area contributed by atoms with Gasteiger partial charge in [0.05, 0.1) is 12.8 Å². The van der Waals surface area contributed by atoms with Crippen LogP contribution in [0.2, 0.25) is 0 Å². The lowest BCUT2D eigenvalue weighted by molar-refractivity contribution is 0.179. The van der Waals surface area contributed by atoms with Crippen molar-refractivity contribution in [3.8, 4) is 0 Å². The third-order valence-electron chi connectivity index (χ3n) is 2.40. The highest BCUT2D eigenvalue weighted by molar-refractivity contribution is 7.99. The molecule has 1 aromatic rings. The van der Waals surface area contributed by atoms with E-state index in [-0.39, 0.29) is 12.1 Å². The Morgan fingerprint density at radius 1 is 1.53 bits per heavy atom. The van der Waals surface area contributed by atoms with Gasteiger partial charge in [-0.2, -0.15) is 0 Å². The van der Waals surface area contributed by atoms with Crippen LogP contribution in [0.25, 0.3) is 0 Å². The molecule has 4 nitrogen and oxygen atoms in total. The summed E-state index contributed by atoms with van der Waals surface area (Å²) in [7, 11) is 1.86. The molecule has 0 aliphatic heterocycles. The van der Waals surface area contributed by atoms with Crippen LogP contribution in [0.1, 0.15) is 13.3 Å². The second kappa shape index (κ2) is 6.05. The molecule has 1 unspecified atom stereocenters. The van der Waals surface area contributed by atoms with Crippen molar-refractivity contribution < 1.29 is 5.11 Å². The van der Waals surface area contributed by atoms with Gasteiger partial charge in [-0.1, -0.05) is 0 Å². The molecule has 0 aliphatic carbocycles. The predicted octanol–water partition coefficient (Wildman–Crippen LogP) is 0.929. The minimum atomic E-state index is -0.199. The second-order valence-corrected chi connectivity index (χ2v) is 4.73. The Hall–Kier alpha value is -0.650. The molecule has 0 amide bonds. The summed E-state index contributed by atoms with van der Waals surface area (Å²) in [6.07, 6.45) is 5.99. The van der Waals surface area contributed by atoms with Crippen molar-refractivity contribution in [1.82, 2.24) is 15.3 Å². The highest BCUT2D eigenvalue weighted by atomic mass is 32.2. The molecule has 0 saturated heterocycles. The number of likely N-dealkylation sites (N-methyl/N-ethyl adjacent to an activating group) is 1. The number of aliphatic hydroxyl groups is 1. The van der Waals surface area contributed by atoms with Gasteiger partial charge in [-0.05, 0) is 20.4 Å². The number of aromatic nitrogens is 2. The zero-order chi connectivity index (χ0) is 11.1. The zero-order valence-electron chi connectivity index (χ0n) is 9.10. The fourth-order valence-electron chi connectivity index (χ4n) is 1.02. The van der Waals surface area contributed by atoms with Gasteiger partial charge in [0, 0.05) is 23.7 Å². The number of aliphatic hydroxyl groups excluding tert-OH is 1. The van der Waals surface area contributed by atoms with Gasteiger partial charge >= 0.3 is 0 Å². The topological polar surface area (TPSA) is 58.0 Å². The van der Waals surface area contributed by atoms with Crippen molar-refractivity contribution in [1.29, 1.82) is 0 Å². The average molecular weight is 227 g/mol. The van der Waals surface area contributed by atoms with Crippen LogP contribution in [0.15, 0.2) is 23.6 Å². The molecule has 1 heterocycles. The molecule has 0 radical (unpaired) electrons. The first-order valence-electron chi connectivity index (χ1n) is 4.89. The van der Waals surface area contributed by atoms with Gasteiger partial charge in [-0.15, -0.1) is 11.8 Å². The monoisotopic (exact) mass is 227 g/mol. The molecule has 84 valence electrons. The van der Waals surface area contributed by atoms with Crippen molar-refractivity contribution in [2.24, 2.45) is 0 Å². The highest BCUT2D eigenvalue weighted by Gasteiger charge is 2.19. The normalized spacial score (nSPS) is 14.9. The van der Waals surface area contributed by atoms with Crippen LogP contribution >= 0.6 is 11.8 Å². The Balaban J connectivity index is 2.33. The first kappa shape index (κ1) is 12.4. The number of nitrogens with zero attached hydrogens (tertiary/aromatic N) is 2. The molecule has 0 bridgehead atoms. The van der Waals surface area contributed by atoms with Gasteiger partial charge in [0.2, 0.25) is 0 Å². The maximum atomic E-state index is 9.18. The molecule has 1 rings (SSSR count). The van der Waals surface area contributed by atoms with Crippen molar-refractivity contribution in [2.45, 2.75) is 23.9 Å². The minimum absolute atomic E-state index is 0.143. The predicted molar refractivity (Wildman–Crippen MR) is 61.9 cm³/mol. The summed E-state index contributed by atoms with van der Waals surface area (Å²) < 4.78 is 0. The largest absolute Gasteiger partial charge is 0.394 e. The standard InChI is InChI=1S/C10H17N3OS/c1-10(8-14,11-2)3-6-15-9-7-12-4-5-13-9/h4-5,7,11,14H,3,6,8H2,1-2H3. The van der Waals surface area contributed by atoms with Gasteiger partial charge in [-0.25, -0.2) is 4.98 Å². The van der Waals surface area contributed by atoms with Crippen LogP contribution in [0.4, 0.5) is 0 Å². The fraction of sp³-hybridized carbons (Fsp3) is 0.600. The smallest absolute Gasteiger partial charge is 0.114 e. The first-order valence-corrected chi connectivity index (χ1v) is 5.87. The zero-order valence-corrected chi connectivity index (χ0v) is 9.92. The van der Waals surface area contributed by atoms with E-state index in [2.05, 4.69) is 15.3 Å². The van der Waals surface area contributed by atoms with Crippen LogP contribution in [0, 0.1) is 0 Å². The first-order chi connectivity index (χ1) is 7.20. The molecule has 0 aromatic carbocycles. The Morgan fingerprint density at radius 3 is 2.87 bits per heavy atom. The van der Waals surface area contributed by atoms with Crippen molar-refractivity contribution in [3.63, 3.8) is 0 Å². The van der Waals surface area contributed by atoms with Gasteiger partial charge in [0.15, 0.2) is 0 Å². The van der Waals surface area contributed by atoms with E-state index in [1.807, 2.05) is 14.0 Å². The van der Waals surface area contributed by atoms with E-state index >= 15 is 0 Å². The third-order valence-corrected chi connectivity index (χ3v) is 3.31. The van der Waals surface area contributed by atoms with Gasteiger partial charge < -0.3 is 10.4 Å². The minimum Gasteiger partial charge on any atom is -0.394 e. The highest BCUT2D eigenvalue weighted by Crippen LogP contribution is 2.18. The molecule has 0 saturated carbocycles. The fourth-order valence-corrected chi connectivity index (χ4v) is 2.06. The van der Waals surface area contributed by atoms with E-state index in [9.17, 15) is 5.11 Å². The molecular weight excluding hydrogens is 210 g/mol. The van der Waals surface area contributed by atoms with E-state index in [1.165, 1.54) is 0 Å². The summed E-state index contributed by atoms with van der Waals surface area (Å²) in [6.45, 7) is 2.15. The molecule has 15 heavy (non-hydrogen) atoms. The number of thioether (sulfide) groups is 1. The Morgan fingerprint density at radius 2 is 2.33 bits per heavy atom. The lowest BCUT2D eigenvalue weighted by Gasteiger charge is -2.26. The van der Waals surface area contributed by atoms with E-state index < -0.39 is 0 Å². The average Bonchev–Trinajstić information content (AvgIpc) is 2.30. The maximum absolute atomic E-state index is 9.18. The Bertz CT molecular complexity index is 277. The quantitative estimate of drug-likeness (QED) is 0.708. The van der Waals surface area contributed by atoms with Crippen molar-refractivity contribution >= 4 is 11.8 Å². The summed E-state index contributed by atoms with van der Waals surface area (Å²) in [5, 5.41) is 13.2. The van der Waals surface area contributed by atoms with Crippen molar-refractivity contribution in [3.05, 3.63) is 18.6 Å². The van der Waals surface area contributed by atoms with Gasteiger partial charge in [-0.3, -0.25) is 4.98 Å². The SMILES string of the molecule is CNC(C)(CO)CCSc1cnccn1. The number of hydrogen-bond donors (Lipinski definition) is 2. The molecule has 1 aromatic heterocycles. The lowest BCUT2D eigenvalue weighted by Crippen LogP contribution is -2.43. The van der Waals surface area contributed by atoms with Gasteiger partial charge in [0.1, 0.15) is 5.03 Å². The molecular formula is C10H17N3OS. The molecule has 2 N–H and O–H groups in total. The third kappa shape index (κ3) is 4.15. The summed E-state index contributed by atoms with van der Waals surface area (Å²) in [4.78, 5) is 8.16. The maximum Gasteiger partial charge on any atom is 0.114 e. The van der Waals surface area contributed by atoms with Crippen LogP contribution in [0.3, 0.4) is 0 Å². The molecule has 1 atom stereocenters. The van der Waals surface area contributed by atoms with Crippen LogP contribution < -0.4 is 5.32 Å². The summed E-state index contributed by atoms with van der Waals surface area (Å²) in [6, 6.07) is 0.